The molecule has 1 aromatic carbocycles. The molecule has 2 heteroatoms. The van der Waals surface area contributed by atoms with E-state index in [0.29, 0.717) is 5.78 Å². The Balaban J connectivity index is 2.26. The van der Waals surface area contributed by atoms with Gasteiger partial charge < -0.3 is 4.90 Å². The molecule has 0 spiro atoms. The highest BCUT2D eigenvalue weighted by molar-refractivity contribution is 5.88. The monoisotopic (exact) mass is 231 g/mol. The topological polar surface area (TPSA) is 20.3 Å². The fraction of sp³-hybridized carbons (Fsp3) is 0.533. The van der Waals surface area contributed by atoms with Crippen LogP contribution in [0.3, 0.4) is 0 Å². The quantitative estimate of drug-likeness (QED) is 0.797. The number of Topliss-reactive ketones (excluding diaryl/α,β-unsaturated/α-hetero) is 1. The molecule has 0 bridgehead atoms. The van der Waals surface area contributed by atoms with Crippen LogP contribution in [0.25, 0.3) is 0 Å². The van der Waals surface area contributed by atoms with Gasteiger partial charge in [-0.15, -0.1) is 0 Å². The van der Waals surface area contributed by atoms with E-state index in [4.69, 9.17) is 0 Å². The van der Waals surface area contributed by atoms with Gasteiger partial charge in [0.15, 0.2) is 5.78 Å². The van der Waals surface area contributed by atoms with E-state index >= 15 is 0 Å². The number of nitrogens with zero attached hydrogens (tertiary/aromatic N) is 1. The second kappa shape index (κ2) is 4.91. The van der Waals surface area contributed by atoms with Crippen LogP contribution in [0.5, 0.6) is 0 Å². The van der Waals surface area contributed by atoms with Crippen LogP contribution in [-0.4, -0.2) is 18.4 Å². The van der Waals surface area contributed by atoms with Gasteiger partial charge >= 0.3 is 0 Å². The van der Waals surface area contributed by atoms with E-state index in [1.165, 1.54) is 11.3 Å². The van der Waals surface area contributed by atoms with Crippen molar-refractivity contribution in [3.8, 4) is 0 Å². The van der Waals surface area contributed by atoms with E-state index in [9.17, 15) is 4.79 Å². The number of aryl methyl sites for hydroxylation is 1. The van der Waals surface area contributed by atoms with Gasteiger partial charge in [-0.25, -0.2) is 0 Å². The Bertz CT molecular complexity index is 411. The Kier molecular flexibility index (Phi) is 3.51. The molecule has 0 fully saturated rings. The van der Waals surface area contributed by atoms with E-state index in [0.717, 1.165) is 19.4 Å². The highest BCUT2D eigenvalue weighted by Gasteiger charge is 2.26. The second-order valence-electron chi connectivity index (χ2n) is 5.16. The first kappa shape index (κ1) is 12.2. The van der Waals surface area contributed by atoms with Crippen molar-refractivity contribution in [2.45, 2.75) is 39.7 Å². The zero-order valence-electron chi connectivity index (χ0n) is 10.9. The summed E-state index contributed by atoms with van der Waals surface area (Å²) in [5, 5.41) is 0. The van der Waals surface area contributed by atoms with Gasteiger partial charge in [0.25, 0.3) is 0 Å². The molecule has 0 radical (unpaired) electrons. The number of ketones is 1. The van der Waals surface area contributed by atoms with E-state index in [1.807, 2.05) is 20.8 Å². The smallest absolute Gasteiger partial charge is 0.157 e. The summed E-state index contributed by atoms with van der Waals surface area (Å²) >= 11 is 0. The second-order valence-corrected chi connectivity index (χ2v) is 5.16. The van der Waals surface area contributed by atoms with Crippen LogP contribution in [0.15, 0.2) is 24.3 Å². The van der Waals surface area contributed by atoms with Crippen LogP contribution in [0, 0.1) is 5.92 Å². The number of para-hydroxylation sites is 1. The van der Waals surface area contributed by atoms with Crippen molar-refractivity contribution in [1.29, 1.82) is 0 Å². The minimum absolute atomic E-state index is 0.00329. The van der Waals surface area contributed by atoms with Gasteiger partial charge in [0.1, 0.15) is 0 Å². The summed E-state index contributed by atoms with van der Waals surface area (Å²) in [6.07, 6.45) is 2.28. The summed E-state index contributed by atoms with van der Waals surface area (Å²) in [5.74, 6) is 0.445. The van der Waals surface area contributed by atoms with Crippen LogP contribution < -0.4 is 4.90 Å². The summed E-state index contributed by atoms with van der Waals surface area (Å²) in [6.45, 7) is 6.99. The molecule has 17 heavy (non-hydrogen) atoms. The molecular weight excluding hydrogens is 210 g/mol. The van der Waals surface area contributed by atoms with Crippen molar-refractivity contribution < 1.29 is 4.79 Å². The Hall–Kier alpha value is -1.31. The largest absolute Gasteiger partial charge is 0.362 e. The number of hydrogen-bond donors (Lipinski definition) is 0. The van der Waals surface area contributed by atoms with Crippen molar-refractivity contribution in [2.75, 3.05) is 11.4 Å². The molecule has 92 valence electrons. The average Bonchev–Trinajstić information content (AvgIpc) is 2.36. The maximum absolute atomic E-state index is 12.1. The number of hydrogen-bond acceptors (Lipinski definition) is 2. The average molecular weight is 231 g/mol. The number of anilines is 1. The molecule has 0 saturated heterocycles. The molecule has 1 aliphatic heterocycles. The van der Waals surface area contributed by atoms with Crippen LogP contribution in [0.2, 0.25) is 0 Å². The van der Waals surface area contributed by atoms with Gasteiger partial charge in [-0.3, -0.25) is 4.79 Å². The van der Waals surface area contributed by atoms with Gasteiger partial charge in [0, 0.05) is 18.2 Å². The summed E-state index contributed by atoms with van der Waals surface area (Å²) in [4.78, 5) is 14.4. The highest BCUT2D eigenvalue weighted by atomic mass is 16.1. The molecule has 0 N–H and O–H groups in total. The van der Waals surface area contributed by atoms with Crippen LogP contribution in [0.1, 0.15) is 32.8 Å². The van der Waals surface area contributed by atoms with Crippen LogP contribution >= 0.6 is 0 Å². The number of carbonyl (C=O) groups excluding carboxylic acids is 1. The fourth-order valence-electron chi connectivity index (χ4n) is 2.60. The first-order chi connectivity index (χ1) is 8.11. The predicted molar refractivity (Wildman–Crippen MR) is 71.4 cm³/mol. The number of rotatable bonds is 3. The van der Waals surface area contributed by atoms with Gasteiger partial charge in [-0.2, -0.15) is 0 Å². The van der Waals surface area contributed by atoms with Crippen molar-refractivity contribution in [3.63, 3.8) is 0 Å². The summed E-state index contributed by atoms with van der Waals surface area (Å²) in [5.41, 5.74) is 2.63. The third-order valence-corrected chi connectivity index (χ3v) is 3.59. The van der Waals surface area contributed by atoms with Gasteiger partial charge in [-0.1, -0.05) is 32.0 Å². The molecule has 1 aliphatic rings. The Morgan fingerprint density at radius 3 is 2.65 bits per heavy atom. The molecule has 1 unspecified atom stereocenters. The lowest BCUT2D eigenvalue weighted by Gasteiger charge is -2.36. The molecule has 1 heterocycles. The Morgan fingerprint density at radius 1 is 1.24 bits per heavy atom. The molecule has 0 saturated carbocycles. The van der Waals surface area contributed by atoms with E-state index < -0.39 is 0 Å². The predicted octanol–water partition coefficient (Wildman–Crippen LogP) is 3.05. The van der Waals surface area contributed by atoms with E-state index in [2.05, 4.69) is 29.2 Å². The minimum atomic E-state index is -0.00329. The summed E-state index contributed by atoms with van der Waals surface area (Å²) in [7, 11) is 0. The highest BCUT2D eigenvalue weighted by Crippen LogP contribution is 2.29. The van der Waals surface area contributed by atoms with Gasteiger partial charge in [0.05, 0.1) is 6.04 Å². The van der Waals surface area contributed by atoms with E-state index in [-0.39, 0.29) is 12.0 Å². The SMILES string of the molecule is CC(C)C(=O)C(C)N1CCCc2ccccc21. The van der Waals surface area contributed by atoms with Gasteiger partial charge in [-0.05, 0) is 31.4 Å². The molecule has 1 atom stereocenters. The maximum Gasteiger partial charge on any atom is 0.157 e. The van der Waals surface area contributed by atoms with Crippen LogP contribution in [-0.2, 0) is 11.2 Å². The zero-order chi connectivity index (χ0) is 12.4. The van der Waals surface area contributed by atoms with Crippen molar-refractivity contribution in [1.82, 2.24) is 0 Å². The number of fused-ring (bicyclic) bond motifs is 1. The van der Waals surface area contributed by atoms with Gasteiger partial charge in [0.2, 0.25) is 0 Å². The first-order valence-electron chi connectivity index (χ1n) is 6.49. The van der Waals surface area contributed by atoms with Crippen molar-refractivity contribution >= 4 is 11.5 Å². The summed E-state index contributed by atoms with van der Waals surface area (Å²) in [6, 6.07) is 8.45. The van der Waals surface area contributed by atoms with Crippen LogP contribution in [0.4, 0.5) is 5.69 Å². The number of carbonyl (C=O) groups is 1. The molecule has 0 amide bonds. The fourth-order valence-corrected chi connectivity index (χ4v) is 2.60. The van der Waals surface area contributed by atoms with Crippen molar-refractivity contribution in [2.24, 2.45) is 5.92 Å². The Morgan fingerprint density at radius 2 is 1.94 bits per heavy atom. The normalized spacial score (nSPS) is 16.8. The zero-order valence-corrected chi connectivity index (χ0v) is 10.9. The summed E-state index contributed by atoms with van der Waals surface area (Å²) < 4.78 is 0. The molecule has 2 nitrogen and oxygen atoms in total. The third-order valence-electron chi connectivity index (χ3n) is 3.59. The molecule has 0 aliphatic carbocycles. The third kappa shape index (κ3) is 2.36. The molecule has 2 rings (SSSR count). The molecular formula is C15H21NO. The molecule has 0 aromatic heterocycles. The lowest BCUT2D eigenvalue weighted by molar-refractivity contribution is -0.122. The number of benzene rings is 1. The van der Waals surface area contributed by atoms with E-state index in [1.54, 1.807) is 0 Å². The first-order valence-corrected chi connectivity index (χ1v) is 6.49. The van der Waals surface area contributed by atoms with Crippen molar-refractivity contribution in [3.05, 3.63) is 29.8 Å². The minimum Gasteiger partial charge on any atom is -0.362 e. The maximum atomic E-state index is 12.1. The Labute approximate surface area is 104 Å². The lowest BCUT2D eigenvalue weighted by Crippen LogP contribution is -2.43. The molecule has 1 aromatic rings. The standard InChI is InChI=1S/C15H21NO/c1-11(2)15(17)12(3)16-10-6-8-13-7-4-5-9-14(13)16/h4-5,7,9,11-12H,6,8,10H2,1-3H3. The lowest BCUT2D eigenvalue weighted by atomic mass is 9.96.